The molecule has 0 unspecified atom stereocenters. The summed E-state index contributed by atoms with van der Waals surface area (Å²) in [5, 5.41) is 5.51. The highest BCUT2D eigenvalue weighted by molar-refractivity contribution is 6.39. The maximum atomic E-state index is 12.6. The predicted octanol–water partition coefficient (Wildman–Crippen LogP) is 2.97. The van der Waals surface area contributed by atoms with Gasteiger partial charge in [0.05, 0.1) is 18.8 Å². The zero-order chi connectivity index (χ0) is 22.5. The van der Waals surface area contributed by atoms with Crippen LogP contribution in [0.3, 0.4) is 0 Å². The average Bonchev–Trinajstić information content (AvgIpc) is 3.34. The van der Waals surface area contributed by atoms with Crippen molar-refractivity contribution in [3.8, 4) is 5.75 Å². The van der Waals surface area contributed by atoms with Crippen LogP contribution in [-0.4, -0.2) is 57.1 Å². The number of carbonyl (C=O) groups is 2. The van der Waals surface area contributed by atoms with Crippen LogP contribution in [0.5, 0.6) is 5.75 Å². The van der Waals surface area contributed by atoms with E-state index in [4.69, 9.17) is 4.74 Å². The summed E-state index contributed by atoms with van der Waals surface area (Å²) in [7, 11) is 3.66. The molecule has 1 fully saturated rings. The van der Waals surface area contributed by atoms with Crippen molar-refractivity contribution in [1.82, 2.24) is 10.2 Å². The first-order valence-electron chi connectivity index (χ1n) is 11.4. The van der Waals surface area contributed by atoms with Gasteiger partial charge >= 0.3 is 11.8 Å². The number of rotatable bonds is 6. The fourth-order valence-corrected chi connectivity index (χ4v) is 4.72. The minimum absolute atomic E-state index is 0.0537. The van der Waals surface area contributed by atoms with Gasteiger partial charge in [0, 0.05) is 25.8 Å². The Bertz CT molecular complexity index is 971. The SMILES string of the molecule is COc1ccccc1NC(=O)C(=O)NC[C@H](c1ccc2c(c1)CCCN2C)N1CCCC1. The number of amides is 2. The third kappa shape index (κ3) is 4.88. The number of nitrogens with zero attached hydrogens (tertiary/aromatic N) is 2. The highest BCUT2D eigenvalue weighted by atomic mass is 16.5. The number of hydrogen-bond donors (Lipinski definition) is 2. The smallest absolute Gasteiger partial charge is 0.313 e. The van der Waals surface area contributed by atoms with E-state index in [1.165, 1.54) is 23.9 Å². The molecule has 0 aromatic heterocycles. The summed E-state index contributed by atoms with van der Waals surface area (Å²) in [6.45, 7) is 3.49. The fourth-order valence-electron chi connectivity index (χ4n) is 4.72. The number of hydrogen-bond acceptors (Lipinski definition) is 5. The molecule has 7 heteroatoms. The molecule has 0 spiro atoms. The number of aryl methyl sites for hydroxylation is 1. The Kier molecular flexibility index (Phi) is 6.95. The molecule has 0 bridgehead atoms. The zero-order valence-corrected chi connectivity index (χ0v) is 18.9. The molecule has 2 amide bonds. The summed E-state index contributed by atoms with van der Waals surface area (Å²) in [4.78, 5) is 29.8. The van der Waals surface area contributed by atoms with Crippen molar-refractivity contribution < 1.29 is 14.3 Å². The Hall–Kier alpha value is -3.06. The first-order valence-corrected chi connectivity index (χ1v) is 11.4. The Morgan fingerprint density at radius 3 is 2.59 bits per heavy atom. The second-order valence-corrected chi connectivity index (χ2v) is 8.54. The van der Waals surface area contributed by atoms with Crippen molar-refractivity contribution in [3.05, 3.63) is 53.6 Å². The standard InChI is InChI=1S/C25H32N4O3/c1-28-13-7-8-18-16-19(11-12-21(18)28)22(29-14-5-6-15-29)17-26-24(30)25(31)27-20-9-3-4-10-23(20)32-2/h3-4,9-12,16,22H,5-8,13-15,17H2,1-2H3,(H,26,30)(H,27,31)/t22-/m1/s1. The largest absolute Gasteiger partial charge is 0.495 e. The number of ether oxygens (including phenoxy) is 1. The van der Waals surface area contributed by atoms with Crippen LogP contribution in [0, 0.1) is 0 Å². The molecule has 2 heterocycles. The third-order valence-corrected chi connectivity index (χ3v) is 6.44. The first-order chi connectivity index (χ1) is 15.6. The molecule has 32 heavy (non-hydrogen) atoms. The molecule has 2 aliphatic rings. The molecule has 0 radical (unpaired) electrons. The van der Waals surface area contributed by atoms with Gasteiger partial charge in [-0.05, 0) is 68.1 Å². The minimum Gasteiger partial charge on any atom is -0.495 e. The topological polar surface area (TPSA) is 73.9 Å². The van der Waals surface area contributed by atoms with Gasteiger partial charge in [0.25, 0.3) is 0 Å². The third-order valence-electron chi connectivity index (χ3n) is 6.44. The van der Waals surface area contributed by atoms with Gasteiger partial charge in [0.15, 0.2) is 0 Å². The van der Waals surface area contributed by atoms with E-state index < -0.39 is 11.8 Å². The number of anilines is 2. The van der Waals surface area contributed by atoms with E-state index in [0.717, 1.165) is 45.3 Å². The van der Waals surface area contributed by atoms with E-state index in [-0.39, 0.29) is 6.04 Å². The number of methoxy groups -OCH3 is 1. The molecule has 2 aromatic rings. The van der Waals surface area contributed by atoms with Crippen molar-refractivity contribution in [2.75, 3.05) is 50.6 Å². The molecule has 0 saturated carbocycles. The Morgan fingerprint density at radius 1 is 1.03 bits per heavy atom. The van der Waals surface area contributed by atoms with Gasteiger partial charge in [-0.3, -0.25) is 14.5 Å². The van der Waals surface area contributed by atoms with Crippen LogP contribution in [0.4, 0.5) is 11.4 Å². The average molecular weight is 437 g/mol. The normalized spacial score (nSPS) is 16.9. The van der Waals surface area contributed by atoms with Crippen LogP contribution in [0.2, 0.25) is 0 Å². The summed E-state index contributed by atoms with van der Waals surface area (Å²) in [5.74, 6) is -0.817. The van der Waals surface area contributed by atoms with E-state index in [9.17, 15) is 9.59 Å². The fraction of sp³-hybridized carbons (Fsp3) is 0.440. The van der Waals surface area contributed by atoms with Crippen molar-refractivity contribution in [2.24, 2.45) is 0 Å². The molecular formula is C25H32N4O3. The van der Waals surface area contributed by atoms with Crippen molar-refractivity contribution >= 4 is 23.2 Å². The van der Waals surface area contributed by atoms with Crippen molar-refractivity contribution in [2.45, 2.75) is 31.7 Å². The van der Waals surface area contributed by atoms with Gasteiger partial charge in [0.2, 0.25) is 0 Å². The lowest BCUT2D eigenvalue weighted by molar-refractivity contribution is -0.136. The lowest BCUT2D eigenvalue weighted by atomic mass is 9.96. The number of nitrogens with one attached hydrogen (secondary N) is 2. The Balaban J connectivity index is 1.45. The Morgan fingerprint density at radius 2 is 1.81 bits per heavy atom. The predicted molar refractivity (Wildman–Crippen MR) is 126 cm³/mol. The highest BCUT2D eigenvalue weighted by Gasteiger charge is 2.26. The zero-order valence-electron chi connectivity index (χ0n) is 18.9. The summed E-state index contributed by atoms with van der Waals surface area (Å²) in [6, 6.07) is 13.8. The second-order valence-electron chi connectivity index (χ2n) is 8.54. The number of likely N-dealkylation sites (tertiary alicyclic amines) is 1. The quantitative estimate of drug-likeness (QED) is 0.681. The van der Waals surface area contributed by atoms with Gasteiger partial charge in [-0.1, -0.05) is 24.3 Å². The van der Waals surface area contributed by atoms with E-state index >= 15 is 0 Å². The van der Waals surface area contributed by atoms with Crippen molar-refractivity contribution in [3.63, 3.8) is 0 Å². The van der Waals surface area contributed by atoms with E-state index in [1.54, 1.807) is 18.2 Å². The van der Waals surface area contributed by atoms with E-state index in [0.29, 0.717) is 18.0 Å². The van der Waals surface area contributed by atoms with E-state index in [2.05, 4.69) is 45.7 Å². The lowest BCUT2D eigenvalue weighted by Crippen LogP contribution is -2.41. The first kappa shape index (κ1) is 22.1. The maximum Gasteiger partial charge on any atom is 0.313 e. The molecular weight excluding hydrogens is 404 g/mol. The summed E-state index contributed by atoms with van der Waals surface area (Å²) in [5.41, 5.74) is 4.33. The summed E-state index contributed by atoms with van der Waals surface area (Å²) < 4.78 is 5.25. The molecule has 2 aromatic carbocycles. The molecule has 0 aliphatic carbocycles. The van der Waals surface area contributed by atoms with Crippen LogP contribution < -0.4 is 20.3 Å². The van der Waals surface area contributed by atoms with Gasteiger partial charge in [-0.25, -0.2) is 0 Å². The molecule has 1 atom stereocenters. The number of para-hydroxylation sites is 2. The summed E-state index contributed by atoms with van der Waals surface area (Å²) in [6.07, 6.45) is 4.55. The van der Waals surface area contributed by atoms with Gasteiger partial charge in [0.1, 0.15) is 5.75 Å². The second kappa shape index (κ2) is 10.0. The van der Waals surface area contributed by atoms with Gasteiger partial charge < -0.3 is 20.3 Å². The lowest BCUT2D eigenvalue weighted by Gasteiger charge is -2.31. The molecule has 170 valence electrons. The van der Waals surface area contributed by atoms with Crippen molar-refractivity contribution in [1.29, 1.82) is 0 Å². The minimum atomic E-state index is -0.693. The van der Waals surface area contributed by atoms with Crippen LogP contribution in [0.1, 0.15) is 36.4 Å². The number of carbonyl (C=O) groups excluding carboxylic acids is 2. The maximum absolute atomic E-state index is 12.6. The van der Waals surface area contributed by atoms with Crippen LogP contribution in [0.15, 0.2) is 42.5 Å². The number of benzene rings is 2. The van der Waals surface area contributed by atoms with Gasteiger partial charge in [-0.15, -0.1) is 0 Å². The molecule has 2 aliphatic heterocycles. The molecule has 7 nitrogen and oxygen atoms in total. The number of fused-ring (bicyclic) bond motifs is 1. The van der Waals surface area contributed by atoms with Crippen LogP contribution in [-0.2, 0) is 16.0 Å². The van der Waals surface area contributed by atoms with E-state index in [1.807, 2.05) is 6.07 Å². The Labute approximate surface area is 189 Å². The van der Waals surface area contributed by atoms with Gasteiger partial charge in [-0.2, -0.15) is 0 Å². The summed E-state index contributed by atoms with van der Waals surface area (Å²) >= 11 is 0. The van der Waals surface area contributed by atoms with Crippen LogP contribution >= 0.6 is 0 Å². The molecule has 2 N–H and O–H groups in total. The van der Waals surface area contributed by atoms with Crippen LogP contribution in [0.25, 0.3) is 0 Å². The molecule has 1 saturated heterocycles. The highest BCUT2D eigenvalue weighted by Crippen LogP contribution is 2.32. The monoisotopic (exact) mass is 436 g/mol. The molecule has 4 rings (SSSR count).